The van der Waals surface area contributed by atoms with Crippen molar-refractivity contribution >= 4 is 10.9 Å². The Bertz CT molecular complexity index is 1350. The van der Waals surface area contributed by atoms with Crippen LogP contribution in [0.2, 0.25) is 0 Å². The van der Waals surface area contributed by atoms with Crippen LogP contribution < -0.4 is 0 Å². The van der Waals surface area contributed by atoms with Gasteiger partial charge in [-0.25, -0.2) is 4.98 Å². The van der Waals surface area contributed by atoms with Crippen LogP contribution >= 0.6 is 0 Å². The Balaban J connectivity index is 1.50. The van der Waals surface area contributed by atoms with Crippen LogP contribution in [0.25, 0.3) is 33.4 Å². The van der Waals surface area contributed by atoms with Gasteiger partial charge in [0.05, 0.1) is 36.9 Å². The van der Waals surface area contributed by atoms with Crippen LogP contribution in [0, 0.1) is 13.8 Å². The highest BCUT2D eigenvalue weighted by Crippen LogP contribution is 2.31. The number of hydrogen-bond donors (Lipinski definition) is 1. The van der Waals surface area contributed by atoms with Crippen molar-refractivity contribution in [3.63, 3.8) is 0 Å². The number of aliphatic hydroxyl groups is 1. The van der Waals surface area contributed by atoms with Gasteiger partial charge in [0.15, 0.2) is 0 Å². The fraction of sp³-hybridized carbons (Fsp3) is 0.179. The monoisotopic (exact) mass is 421 g/mol. The van der Waals surface area contributed by atoms with E-state index >= 15 is 0 Å². The molecule has 0 saturated carbocycles. The molecule has 2 heterocycles. The Morgan fingerprint density at radius 3 is 2.12 bits per heavy atom. The fourth-order valence-corrected chi connectivity index (χ4v) is 4.56. The van der Waals surface area contributed by atoms with E-state index in [9.17, 15) is 5.11 Å². The summed E-state index contributed by atoms with van der Waals surface area (Å²) in [6.45, 7) is 5.28. The Morgan fingerprint density at radius 1 is 0.781 bits per heavy atom. The molecule has 1 N–H and O–H groups in total. The molecule has 0 spiro atoms. The van der Waals surface area contributed by atoms with Crippen LogP contribution in [0.5, 0.6) is 0 Å². The zero-order valence-electron chi connectivity index (χ0n) is 18.4. The molecule has 0 amide bonds. The largest absolute Gasteiger partial charge is 0.389 e. The Hall–Kier alpha value is -3.63. The Morgan fingerprint density at radius 2 is 1.41 bits per heavy atom. The number of aromatic nitrogens is 3. The van der Waals surface area contributed by atoms with Crippen LogP contribution in [0.1, 0.15) is 11.3 Å². The van der Waals surface area contributed by atoms with Gasteiger partial charge in [-0.2, -0.15) is 0 Å². The Labute approximate surface area is 188 Å². The average Bonchev–Trinajstić information content (AvgIpc) is 3.35. The van der Waals surface area contributed by atoms with E-state index in [4.69, 9.17) is 4.98 Å². The van der Waals surface area contributed by atoms with Crippen molar-refractivity contribution in [1.29, 1.82) is 0 Å². The lowest BCUT2D eigenvalue weighted by Gasteiger charge is -2.17. The lowest BCUT2D eigenvalue weighted by Crippen LogP contribution is -2.23. The van der Waals surface area contributed by atoms with Crippen molar-refractivity contribution < 1.29 is 5.11 Å². The molecular formula is C28H27N3O. The molecule has 0 unspecified atom stereocenters. The normalized spacial score (nSPS) is 12.3. The molecule has 160 valence electrons. The summed E-state index contributed by atoms with van der Waals surface area (Å²) in [5, 5.41) is 12.4. The van der Waals surface area contributed by atoms with Gasteiger partial charge in [-0.1, -0.05) is 78.9 Å². The molecule has 1 atom stereocenters. The molecule has 4 nitrogen and oxygen atoms in total. The van der Waals surface area contributed by atoms with Crippen molar-refractivity contribution in [2.75, 3.05) is 0 Å². The molecule has 2 aromatic heterocycles. The summed E-state index contributed by atoms with van der Waals surface area (Å²) < 4.78 is 4.31. The number of aryl methyl sites for hydroxylation is 1. The van der Waals surface area contributed by atoms with E-state index < -0.39 is 6.10 Å². The highest BCUT2D eigenvalue weighted by molar-refractivity contribution is 5.85. The second kappa shape index (κ2) is 8.48. The van der Waals surface area contributed by atoms with Gasteiger partial charge >= 0.3 is 0 Å². The number of benzene rings is 3. The number of rotatable bonds is 6. The van der Waals surface area contributed by atoms with Crippen molar-refractivity contribution in [2.24, 2.45) is 0 Å². The molecule has 0 fully saturated rings. The van der Waals surface area contributed by atoms with E-state index in [2.05, 4.69) is 71.5 Å². The first-order valence-electron chi connectivity index (χ1n) is 11.0. The van der Waals surface area contributed by atoms with E-state index in [-0.39, 0.29) is 0 Å². The number of aliphatic hydroxyl groups excluding tert-OH is 1. The molecule has 5 aromatic rings. The molecular weight excluding hydrogens is 394 g/mol. The zero-order valence-corrected chi connectivity index (χ0v) is 18.4. The molecule has 0 aliphatic carbocycles. The maximum atomic E-state index is 11.1. The molecule has 4 heteroatoms. The van der Waals surface area contributed by atoms with Crippen LogP contribution in [-0.2, 0) is 13.1 Å². The minimum atomic E-state index is -0.552. The van der Waals surface area contributed by atoms with Gasteiger partial charge in [0, 0.05) is 27.7 Å². The number of para-hydroxylation sites is 1. The van der Waals surface area contributed by atoms with Crippen molar-refractivity contribution in [3.05, 3.63) is 103 Å². The fourth-order valence-electron chi connectivity index (χ4n) is 4.56. The maximum Gasteiger partial charge on any atom is 0.0963 e. The maximum absolute atomic E-state index is 11.1. The standard InChI is InChI=1S/C28H27N3O/c1-20-21(2)31(26-16-10-9-15-25(20)26)18-24(32)17-30-19-29-27(22-11-5-3-6-12-22)28(30)23-13-7-4-8-14-23/h3-16,19,24,32H,17-18H2,1-2H3/t24-/m1/s1. The molecule has 32 heavy (non-hydrogen) atoms. The predicted octanol–water partition coefficient (Wildman–Crippen LogP) is 5.85. The van der Waals surface area contributed by atoms with E-state index in [0.717, 1.165) is 22.5 Å². The van der Waals surface area contributed by atoms with Gasteiger partial charge in [-0.3, -0.25) is 0 Å². The van der Waals surface area contributed by atoms with E-state index in [1.54, 1.807) is 0 Å². The van der Waals surface area contributed by atoms with Gasteiger partial charge in [0.2, 0.25) is 0 Å². The first-order valence-corrected chi connectivity index (χ1v) is 11.0. The quantitative estimate of drug-likeness (QED) is 0.374. The summed E-state index contributed by atoms with van der Waals surface area (Å²) in [5.74, 6) is 0. The smallest absolute Gasteiger partial charge is 0.0963 e. The second-order valence-corrected chi connectivity index (χ2v) is 8.32. The number of fused-ring (bicyclic) bond motifs is 1. The first-order chi connectivity index (χ1) is 15.6. The summed E-state index contributed by atoms with van der Waals surface area (Å²) in [6, 6.07) is 28.9. The van der Waals surface area contributed by atoms with Crippen molar-refractivity contribution in [2.45, 2.75) is 33.0 Å². The van der Waals surface area contributed by atoms with E-state index in [0.29, 0.717) is 13.1 Å². The molecule has 0 aliphatic heterocycles. The topological polar surface area (TPSA) is 43.0 Å². The zero-order chi connectivity index (χ0) is 22.1. The molecule has 0 radical (unpaired) electrons. The predicted molar refractivity (Wildman–Crippen MR) is 131 cm³/mol. The summed E-state index contributed by atoms with van der Waals surface area (Å²) in [6.07, 6.45) is 1.30. The van der Waals surface area contributed by atoms with Gasteiger partial charge in [0.1, 0.15) is 0 Å². The van der Waals surface area contributed by atoms with Crippen LogP contribution in [0.3, 0.4) is 0 Å². The van der Waals surface area contributed by atoms with Gasteiger partial charge in [-0.15, -0.1) is 0 Å². The minimum absolute atomic E-state index is 0.467. The van der Waals surface area contributed by atoms with E-state index in [1.807, 2.05) is 42.7 Å². The number of imidazole rings is 1. The summed E-state index contributed by atoms with van der Waals surface area (Å²) >= 11 is 0. The number of hydrogen-bond acceptors (Lipinski definition) is 2. The van der Waals surface area contributed by atoms with Crippen molar-refractivity contribution in [1.82, 2.24) is 14.1 Å². The third-order valence-corrected chi connectivity index (χ3v) is 6.28. The van der Waals surface area contributed by atoms with Crippen LogP contribution in [0.15, 0.2) is 91.3 Å². The Kier molecular flexibility index (Phi) is 5.38. The summed E-state index contributed by atoms with van der Waals surface area (Å²) in [4.78, 5) is 4.74. The molecule has 0 aliphatic rings. The molecule has 3 aromatic carbocycles. The van der Waals surface area contributed by atoms with Crippen LogP contribution in [-0.4, -0.2) is 25.3 Å². The molecule has 0 bridgehead atoms. The molecule has 5 rings (SSSR count). The number of nitrogens with zero attached hydrogens (tertiary/aromatic N) is 3. The lowest BCUT2D eigenvalue weighted by molar-refractivity contribution is 0.135. The summed E-state index contributed by atoms with van der Waals surface area (Å²) in [5.41, 5.74) is 7.76. The highest BCUT2D eigenvalue weighted by Gasteiger charge is 2.19. The second-order valence-electron chi connectivity index (χ2n) is 8.32. The third kappa shape index (κ3) is 3.63. The van der Waals surface area contributed by atoms with Crippen molar-refractivity contribution in [3.8, 4) is 22.5 Å². The first kappa shape index (κ1) is 20.3. The third-order valence-electron chi connectivity index (χ3n) is 6.28. The van der Waals surface area contributed by atoms with Crippen LogP contribution in [0.4, 0.5) is 0 Å². The highest BCUT2D eigenvalue weighted by atomic mass is 16.3. The van der Waals surface area contributed by atoms with Gasteiger partial charge < -0.3 is 14.2 Å². The van der Waals surface area contributed by atoms with Gasteiger partial charge in [0.25, 0.3) is 0 Å². The van der Waals surface area contributed by atoms with Gasteiger partial charge in [-0.05, 0) is 25.5 Å². The summed E-state index contributed by atoms with van der Waals surface area (Å²) in [7, 11) is 0. The average molecular weight is 422 g/mol. The molecule has 0 saturated heterocycles. The minimum Gasteiger partial charge on any atom is -0.389 e. The SMILES string of the molecule is Cc1c(C)n(C[C@H](O)Cn2cnc(-c3ccccc3)c2-c2ccccc2)c2ccccc12. The lowest BCUT2D eigenvalue weighted by atomic mass is 10.0. The van der Waals surface area contributed by atoms with E-state index in [1.165, 1.54) is 22.2 Å².